The number of guanidine groups is 1. The van der Waals surface area contributed by atoms with Crippen LogP contribution in [0.4, 0.5) is 39.4 Å². The number of anilines is 3. The Labute approximate surface area is 197 Å². The molecule has 9 nitrogen and oxygen atoms in total. The maximum Gasteiger partial charge on any atom is 0.327 e. The number of nitrogens with zero attached hydrogens (tertiary/aromatic N) is 3. The first kappa shape index (κ1) is 24.0. The number of aliphatic imine (C=N–C) groups is 1. The fourth-order valence-corrected chi connectivity index (χ4v) is 3.80. The minimum absolute atomic E-state index is 0.151. The summed E-state index contributed by atoms with van der Waals surface area (Å²) in [6, 6.07) is 6.74. The maximum atomic E-state index is 15.1. The van der Waals surface area contributed by atoms with Crippen LogP contribution in [0.25, 0.3) is 0 Å². The molecule has 2 heterocycles. The van der Waals surface area contributed by atoms with Crippen LogP contribution in [0.3, 0.4) is 0 Å². The zero-order chi connectivity index (χ0) is 25.3. The van der Waals surface area contributed by atoms with Gasteiger partial charge in [0.1, 0.15) is 5.69 Å². The van der Waals surface area contributed by atoms with Crippen LogP contribution >= 0.6 is 0 Å². The van der Waals surface area contributed by atoms with E-state index in [1.807, 2.05) is 0 Å². The number of nitrogens with two attached hydrogens (primary N) is 1. The van der Waals surface area contributed by atoms with Crippen LogP contribution < -0.4 is 30.7 Å². The molecule has 0 aliphatic carbocycles. The molecule has 1 atom stereocenters. The lowest BCUT2D eigenvalue weighted by Gasteiger charge is -2.42. The van der Waals surface area contributed by atoms with Gasteiger partial charge >= 0.3 is 6.03 Å². The van der Waals surface area contributed by atoms with Crippen molar-refractivity contribution >= 4 is 29.1 Å². The third kappa shape index (κ3) is 4.48. The maximum absolute atomic E-state index is 15.1. The van der Waals surface area contributed by atoms with Gasteiger partial charge in [-0.25, -0.2) is 27.3 Å². The molecule has 35 heavy (non-hydrogen) atoms. The molecule has 2 aromatic carbocycles. The minimum Gasteiger partial charge on any atom is -0.493 e. The first-order chi connectivity index (χ1) is 16.7. The zero-order valence-electron chi connectivity index (χ0n) is 18.7. The molecular weight excluding hydrogens is 472 g/mol. The summed E-state index contributed by atoms with van der Waals surface area (Å²) in [6.45, 7) is -1.35. The van der Waals surface area contributed by atoms with Crippen molar-refractivity contribution in [3.05, 3.63) is 53.7 Å². The second kappa shape index (κ2) is 9.60. The summed E-state index contributed by atoms with van der Waals surface area (Å²) >= 11 is 0. The van der Waals surface area contributed by atoms with Gasteiger partial charge in [0.25, 0.3) is 6.43 Å². The number of urea groups is 1. The summed E-state index contributed by atoms with van der Waals surface area (Å²) in [4.78, 5) is 19.1. The molecule has 1 unspecified atom stereocenters. The van der Waals surface area contributed by atoms with Gasteiger partial charge in [0.05, 0.1) is 38.7 Å². The Morgan fingerprint density at radius 1 is 1.20 bits per heavy atom. The van der Waals surface area contributed by atoms with Crippen LogP contribution in [0.1, 0.15) is 0 Å². The van der Waals surface area contributed by atoms with Crippen molar-refractivity contribution in [3.8, 4) is 11.5 Å². The molecule has 2 amide bonds. The molecule has 2 aromatic rings. The summed E-state index contributed by atoms with van der Waals surface area (Å²) in [7, 11) is 2.32. The highest BCUT2D eigenvalue weighted by Gasteiger charge is 2.42. The quantitative estimate of drug-likeness (QED) is 0.420. The average Bonchev–Trinajstić information content (AvgIpc) is 2.83. The number of halogens is 4. The Kier molecular flexibility index (Phi) is 6.58. The van der Waals surface area contributed by atoms with Crippen molar-refractivity contribution in [2.24, 2.45) is 4.99 Å². The largest absolute Gasteiger partial charge is 0.493 e. The monoisotopic (exact) mass is 494 g/mol. The third-order valence-electron chi connectivity index (χ3n) is 5.46. The lowest BCUT2D eigenvalue weighted by atomic mass is 10.1. The Balaban J connectivity index is 1.72. The van der Waals surface area contributed by atoms with E-state index in [9.17, 15) is 13.6 Å². The fraction of sp³-hybridized carbons (Fsp3) is 0.273. The average molecular weight is 494 g/mol. The first-order valence-electron chi connectivity index (χ1n) is 10.4. The van der Waals surface area contributed by atoms with Gasteiger partial charge in [0.15, 0.2) is 29.3 Å². The van der Waals surface area contributed by atoms with Gasteiger partial charge in [-0.3, -0.25) is 9.80 Å². The fourth-order valence-electron chi connectivity index (χ4n) is 3.80. The molecule has 1 fully saturated rings. The Bertz CT molecular complexity index is 1180. The van der Waals surface area contributed by atoms with E-state index in [0.717, 1.165) is 25.2 Å². The molecule has 2 aliphatic heterocycles. The molecule has 0 radical (unpaired) electrons. The number of nitrogens with one attached hydrogen (secondary N) is 2. The van der Waals surface area contributed by atoms with Gasteiger partial charge in [-0.05, 0) is 12.1 Å². The number of alkyl halides is 2. The van der Waals surface area contributed by atoms with E-state index in [2.05, 4.69) is 15.6 Å². The van der Waals surface area contributed by atoms with Crippen molar-refractivity contribution in [1.82, 2.24) is 10.2 Å². The molecule has 4 rings (SSSR count). The van der Waals surface area contributed by atoms with Crippen molar-refractivity contribution in [2.45, 2.75) is 12.6 Å². The smallest absolute Gasteiger partial charge is 0.327 e. The van der Waals surface area contributed by atoms with Gasteiger partial charge in [0, 0.05) is 17.8 Å². The number of rotatable bonds is 6. The van der Waals surface area contributed by atoms with Crippen LogP contribution in [0, 0.1) is 11.6 Å². The molecule has 186 valence electrons. The van der Waals surface area contributed by atoms with Gasteiger partial charge in [-0.2, -0.15) is 0 Å². The van der Waals surface area contributed by atoms with E-state index < -0.39 is 42.5 Å². The van der Waals surface area contributed by atoms with Crippen molar-refractivity contribution < 1.29 is 31.8 Å². The lowest BCUT2D eigenvalue weighted by molar-refractivity contribution is 0.0862. The van der Waals surface area contributed by atoms with Gasteiger partial charge in [0.2, 0.25) is 5.96 Å². The number of carbonyl (C=O) groups is 1. The number of carbonyl (C=O) groups excluding carboxylic acids is 1. The Hall–Kier alpha value is -4.16. The van der Waals surface area contributed by atoms with E-state index in [1.165, 1.54) is 6.20 Å². The minimum atomic E-state index is -2.93. The Morgan fingerprint density at radius 3 is 2.46 bits per heavy atom. The normalized spacial score (nSPS) is 17.5. The molecular formula is C22H22F4N6O3. The first-order valence-corrected chi connectivity index (χ1v) is 10.4. The van der Waals surface area contributed by atoms with Crippen LogP contribution in [-0.2, 0) is 0 Å². The third-order valence-corrected chi connectivity index (χ3v) is 5.46. The predicted molar refractivity (Wildman–Crippen MR) is 122 cm³/mol. The lowest BCUT2D eigenvalue weighted by Crippen LogP contribution is -2.58. The molecule has 1 saturated heterocycles. The summed E-state index contributed by atoms with van der Waals surface area (Å²) in [5.74, 6) is -2.96. The van der Waals surface area contributed by atoms with Crippen LogP contribution in [-0.4, -0.2) is 56.8 Å². The predicted octanol–water partition coefficient (Wildman–Crippen LogP) is 3.35. The van der Waals surface area contributed by atoms with Crippen LogP contribution in [0.15, 0.2) is 47.1 Å². The summed E-state index contributed by atoms with van der Waals surface area (Å²) in [5, 5.41) is 5.80. The van der Waals surface area contributed by atoms with E-state index in [-0.39, 0.29) is 24.0 Å². The number of amides is 2. The number of ether oxygens (including phenoxy) is 2. The molecule has 0 saturated carbocycles. The number of benzene rings is 2. The molecule has 4 N–H and O–H groups in total. The van der Waals surface area contributed by atoms with Gasteiger partial charge < -0.3 is 25.8 Å². The topological polar surface area (TPSA) is 104 Å². The highest BCUT2D eigenvalue weighted by Crippen LogP contribution is 2.40. The standard InChI is InChI=1S/C22H22F4N6O3/c1-34-14-7-15(35-2)18(26)19(17(14)25)31-9-11-8-28-21(29-13-6-4-3-5-12(13)27)30-20(11)32(22(31)33)10-16(23)24/h3-8,16,20H,9-10,27H2,1-2H3,(H2,28,29,30). The molecule has 0 aromatic heterocycles. The number of hydrogen-bond donors (Lipinski definition) is 3. The van der Waals surface area contributed by atoms with E-state index >= 15 is 8.78 Å². The highest BCUT2D eigenvalue weighted by molar-refractivity contribution is 5.99. The number of nitrogen functional groups attached to an aromatic ring is 1. The second-order valence-corrected chi connectivity index (χ2v) is 7.60. The van der Waals surface area contributed by atoms with Gasteiger partial charge in [-0.1, -0.05) is 12.1 Å². The van der Waals surface area contributed by atoms with Gasteiger partial charge in [-0.15, -0.1) is 0 Å². The van der Waals surface area contributed by atoms with Crippen LogP contribution in [0.5, 0.6) is 11.5 Å². The van der Waals surface area contributed by atoms with Crippen molar-refractivity contribution in [1.29, 1.82) is 0 Å². The summed E-state index contributed by atoms with van der Waals surface area (Å²) in [5.41, 5.74) is 6.38. The molecule has 2 aliphatic rings. The molecule has 13 heteroatoms. The second-order valence-electron chi connectivity index (χ2n) is 7.60. The van der Waals surface area contributed by atoms with Crippen molar-refractivity contribution in [3.63, 3.8) is 0 Å². The molecule has 0 spiro atoms. The van der Waals surface area contributed by atoms with E-state index in [4.69, 9.17) is 15.2 Å². The number of fused-ring (bicyclic) bond motifs is 1. The SMILES string of the molecule is COc1cc(OC)c(F)c(N2CC3=CNC(Nc4ccccc4N)=NC3N(CC(F)F)C2=O)c1F. The van der Waals surface area contributed by atoms with E-state index in [0.29, 0.717) is 21.8 Å². The van der Waals surface area contributed by atoms with Crippen molar-refractivity contribution in [2.75, 3.05) is 43.3 Å². The number of para-hydroxylation sites is 2. The number of methoxy groups -OCH3 is 2. The van der Waals surface area contributed by atoms with Crippen LogP contribution in [0.2, 0.25) is 0 Å². The summed E-state index contributed by atoms with van der Waals surface area (Å²) < 4.78 is 67.0. The number of hydrogen-bond acceptors (Lipinski definition) is 7. The summed E-state index contributed by atoms with van der Waals surface area (Å²) in [6.07, 6.45) is -2.63. The zero-order valence-corrected chi connectivity index (χ0v) is 18.7. The Morgan fingerprint density at radius 2 is 1.86 bits per heavy atom. The molecule has 0 bridgehead atoms. The van der Waals surface area contributed by atoms with E-state index in [1.54, 1.807) is 24.3 Å². The highest BCUT2D eigenvalue weighted by atomic mass is 19.3.